The van der Waals surface area contributed by atoms with Gasteiger partial charge in [0.2, 0.25) is 11.8 Å². The Morgan fingerprint density at radius 1 is 1.07 bits per heavy atom. The fourth-order valence-electron chi connectivity index (χ4n) is 5.07. The minimum Gasteiger partial charge on any atom is -0.462 e. The van der Waals surface area contributed by atoms with E-state index < -0.39 is 28.6 Å². The largest absolute Gasteiger partial charge is 0.462 e. The molecule has 1 aliphatic rings. The summed E-state index contributed by atoms with van der Waals surface area (Å²) >= 11 is 0. The van der Waals surface area contributed by atoms with Gasteiger partial charge in [-0.25, -0.2) is 9.59 Å². The number of benzene rings is 2. The Morgan fingerprint density at radius 3 is 2.40 bits per heavy atom. The number of amides is 1. The lowest BCUT2D eigenvalue weighted by atomic mass is 9.79. The number of nitrogens with one attached hydrogen (secondary N) is 1. The second kappa shape index (κ2) is 11.5. The summed E-state index contributed by atoms with van der Waals surface area (Å²) in [6, 6.07) is 17.3. The molecular weight excluding hydrogens is 508 g/mol. The van der Waals surface area contributed by atoms with E-state index in [-0.39, 0.29) is 18.4 Å². The number of alkyl carbamates (subject to hydrolysis) is 1. The van der Waals surface area contributed by atoms with Gasteiger partial charge in [0.1, 0.15) is 11.1 Å². The predicted octanol–water partition coefficient (Wildman–Crippen LogP) is 6.23. The maximum Gasteiger partial charge on any atom is 0.408 e. The Morgan fingerprint density at radius 2 is 1.77 bits per heavy atom. The first-order valence-electron chi connectivity index (χ1n) is 13.6. The smallest absolute Gasteiger partial charge is 0.408 e. The number of ether oxygens (including phenoxy) is 2. The molecule has 1 fully saturated rings. The average molecular weight is 545 g/mol. The molecule has 1 N–H and O–H groups in total. The number of aromatic nitrogens is 2. The minimum atomic E-state index is -1.10. The van der Waals surface area contributed by atoms with Gasteiger partial charge >= 0.3 is 12.1 Å². The zero-order chi connectivity index (χ0) is 29.0. The van der Waals surface area contributed by atoms with Gasteiger partial charge in [0.25, 0.3) is 0 Å². The molecule has 1 unspecified atom stereocenters. The first-order chi connectivity index (χ1) is 19.0. The SMILES string of the molecule is CCOC(=O)c1cc(-c2nnc(C(C)(Cc3ccccc3)NC(=O)OC(C)(C)C)o2)cc(C2(C#N)CCCC2)c1. The van der Waals surface area contributed by atoms with Crippen LogP contribution in [0.1, 0.15) is 87.7 Å². The Bertz CT molecular complexity index is 1400. The zero-order valence-electron chi connectivity index (χ0n) is 23.7. The number of nitrogens with zero attached hydrogens (tertiary/aromatic N) is 3. The molecule has 1 aromatic heterocycles. The van der Waals surface area contributed by atoms with Crippen molar-refractivity contribution in [1.29, 1.82) is 5.26 Å². The molecule has 3 aromatic rings. The first-order valence-corrected chi connectivity index (χ1v) is 13.6. The molecule has 40 heavy (non-hydrogen) atoms. The van der Waals surface area contributed by atoms with E-state index >= 15 is 0 Å². The summed E-state index contributed by atoms with van der Waals surface area (Å²) in [5, 5.41) is 21.6. The van der Waals surface area contributed by atoms with Crippen molar-refractivity contribution in [3.05, 3.63) is 71.1 Å². The molecule has 210 valence electrons. The van der Waals surface area contributed by atoms with Crippen LogP contribution in [0.4, 0.5) is 4.79 Å². The van der Waals surface area contributed by atoms with Gasteiger partial charge in [-0.2, -0.15) is 5.26 Å². The number of hydrogen-bond donors (Lipinski definition) is 1. The lowest BCUT2D eigenvalue weighted by Crippen LogP contribution is -2.47. The summed E-state index contributed by atoms with van der Waals surface area (Å²) in [6.45, 7) is 9.13. The number of carbonyl (C=O) groups is 2. The Labute approximate surface area is 234 Å². The van der Waals surface area contributed by atoms with E-state index in [1.165, 1.54) is 0 Å². The molecular formula is C31H36N4O5. The maximum atomic E-state index is 12.9. The molecule has 0 saturated heterocycles. The van der Waals surface area contributed by atoms with Gasteiger partial charge in [0.15, 0.2) is 0 Å². The average Bonchev–Trinajstić information content (AvgIpc) is 3.59. The summed E-state index contributed by atoms with van der Waals surface area (Å²) in [5.41, 5.74) is 0.000300. The van der Waals surface area contributed by atoms with Crippen molar-refractivity contribution in [2.75, 3.05) is 6.61 Å². The molecule has 0 radical (unpaired) electrons. The molecule has 9 heteroatoms. The van der Waals surface area contributed by atoms with E-state index in [0.29, 0.717) is 30.4 Å². The highest BCUT2D eigenvalue weighted by atomic mass is 16.6. The highest BCUT2D eigenvalue weighted by Crippen LogP contribution is 2.42. The quantitative estimate of drug-likeness (QED) is 0.331. The van der Waals surface area contributed by atoms with Crippen LogP contribution in [-0.4, -0.2) is 34.5 Å². The second-order valence-corrected chi connectivity index (χ2v) is 11.5. The van der Waals surface area contributed by atoms with E-state index in [1.807, 2.05) is 36.4 Å². The molecule has 4 rings (SSSR count). The van der Waals surface area contributed by atoms with E-state index in [1.54, 1.807) is 46.8 Å². The van der Waals surface area contributed by atoms with Gasteiger partial charge in [-0.3, -0.25) is 0 Å². The molecule has 0 bridgehead atoms. The minimum absolute atomic E-state index is 0.166. The lowest BCUT2D eigenvalue weighted by Gasteiger charge is -2.29. The standard InChI is InChI=1S/C31H36N4O5/c1-6-38-26(36)23-16-22(17-24(18-23)31(20-32)14-10-11-15-31)25-34-35-27(39-25)30(5,19-21-12-8-7-9-13-21)33-28(37)40-29(2,3)4/h7-9,12-13,16-18H,6,10-11,14-15,19H2,1-5H3,(H,33,37). The number of nitriles is 1. The van der Waals surface area contributed by atoms with Crippen LogP contribution in [0.15, 0.2) is 52.9 Å². The summed E-state index contributed by atoms with van der Waals surface area (Å²) in [4.78, 5) is 25.6. The van der Waals surface area contributed by atoms with E-state index in [4.69, 9.17) is 13.9 Å². The second-order valence-electron chi connectivity index (χ2n) is 11.5. The maximum absolute atomic E-state index is 12.9. The Hall–Kier alpha value is -4.19. The molecule has 1 heterocycles. The van der Waals surface area contributed by atoms with Gasteiger partial charge in [0.05, 0.1) is 23.7 Å². The van der Waals surface area contributed by atoms with Gasteiger partial charge in [-0.15, -0.1) is 10.2 Å². The van der Waals surface area contributed by atoms with Crippen molar-refractivity contribution >= 4 is 12.1 Å². The highest BCUT2D eigenvalue weighted by molar-refractivity contribution is 5.91. The normalized spacial score (nSPS) is 16.0. The molecule has 1 saturated carbocycles. The summed E-state index contributed by atoms with van der Waals surface area (Å²) in [7, 11) is 0. The van der Waals surface area contributed by atoms with Crippen molar-refractivity contribution in [1.82, 2.24) is 15.5 Å². The van der Waals surface area contributed by atoms with Gasteiger partial charge in [-0.05, 0) is 76.8 Å². The molecule has 0 aliphatic heterocycles. The Balaban J connectivity index is 1.76. The van der Waals surface area contributed by atoms with E-state index in [0.717, 1.165) is 24.0 Å². The first kappa shape index (κ1) is 28.8. The summed E-state index contributed by atoms with van der Waals surface area (Å²) < 4.78 is 17.0. The van der Waals surface area contributed by atoms with Crippen LogP contribution in [0.5, 0.6) is 0 Å². The third-order valence-corrected chi connectivity index (χ3v) is 6.99. The van der Waals surface area contributed by atoms with Crippen LogP contribution in [0, 0.1) is 11.3 Å². The van der Waals surface area contributed by atoms with Crippen LogP contribution in [0.2, 0.25) is 0 Å². The van der Waals surface area contributed by atoms with Crippen LogP contribution in [0.25, 0.3) is 11.5 Å². The van der Waals surface area contributed by atoms with Crippen LogP contribution >= 0.6 is 0 Å². The molecule has 1 atom stereocenters. The van der Waals surface area contributed by atoms with Gasteiger partial charge in [0, 0.05) is 12.0 Å². The van der Waals surface area contributed by atoms with Crippen LogP contribution < -0.4 is 5.32 Å². The topological polar surface area (TPSA) is 127 Å². The fourth-order valence-corrected chi connectivity index (χ4v) is 5.07. The summed E-state index contributed by atoms with van der Waals surface area (Å²) in [6.07, 6.45) is 3.03. The van der Waals surface area contributed by atoms with Crippen molar-refractivity contribution < 1.29 is 23.5 Å². The molecule has 9 nitrogen and oxygen atoms in total. The third-order valence-electron chi connectivity index (χ3n) is 6.99. The molecule has 0 spiro atoms. The number of carbonyl (C=O) groups excluding carboxylic acids is 2. The molecule has 1 amide bonds. The van der Waals surface area contributed by atoms with Gasteiger partial charge < -0.3 is 19.2 Å². The van der Waals surface area contributed by atoms with E-state index in [2.05, 4.69) is 21.6 Å². The lowest BCUT2D eigenvalue weighted by molar-refractivity contribution is 0.0442. The van der Waals surface area contributed by atoms with Gasteiger partial charge in [-0.1, -0.05) is 43.2 Å². The van der Waals surface area contributed by atoms with Crippen molar-refractivity contribution in [3.63, 3.8) is 0 Å². The highest BCUT2D eigenvalue weighted by Gasteiger charge is 2.39. The number of rotatable bonds is 8. The zero-order valence-corrected chi connectivity index (χ0v) is 23.7. The predicted molar refractivity (Wildman–Crippen MR) is 148 cm³/mol. The van der Waals surface area contributed by atoms with Crippen molar-refractivity contribution in [3.8, 4) is 17.5 Å². The van der Waals surface area contributed by atoms with Crippen molar-refractivity contribution in [2.45, 2.75) is 83.3 Å². The van der Waals surface area contributed by atoms with E-state index in [9.17, 15) is 14.9 Å². The van der Waals surface area contributed by atoms with Crippen LogP contribution in [0.3, 0.4) is 0 Å². The molecule has 2 aromatic carbocycles. The van der Waals surface area contributed by atoms with Crippen molar-refractivity contribution in [2.24, 2.45) is 0 Å². The summed E-state index contributed by atoms with van der Waals surface area (Å²) in [5.74, 6) is -0.146. The number of esters is 1. The monoisotopic (exact) mass is 544 g/mol. The van der Waals surface area contributed by atoms with Crippen LogP contribution in [-0.2, 0) is 26.8 Å². The fraction of sp³-hybridized carbons (Fsp3) is 0.452. The number of hydrogen-bond acceptors (Lipinski definition) is 8. The Kier molecular flexibility index (Phi) is 8.29. The molecule has 1 aliphatic carbocycles. The third kappa shape index (κ3) is 6.50.